The van der Waals surface area contributed by atoms with E-state index in [4.69, 9.17) is 0 Å². The van der Waals surface area contributed by atoms with Crippen molar-refractivity contribution in [3.63, 3.8) is 0 Å². The van der Waals surface area contributed by atoms with Gasteiger partial charge in [-0.3, -0.25) is 9.59 Å². The Morgan fingerprint density at radius 1 is 1.08 bits per heavy atom. The first-order valence-electron chi connectivity index (χ1n) is 9.11. The lowest BCUT2D eigenvalue weighted by Gasteiger charge is -2.25. The molecule has 26 heavy (non-hydrogen) atoms. The van der Waals surface area contributed by atoms with Crippen LogP contribution in [0, 0.1) is 13.8 Å². The van der Waals surface area contributed by atoms with Gasteiger partial charge < -0.3 is 10.2 Å². The van der Waals surface area contributed by atoms with E-state index >= 15 is 0 Å². The predicted molar refractivity (Wildman–Crippen MR) is 106 cm³/mol. The molecule has 138 valence electrons. The topological polar surface area (TPSA) is 49.4 Å². The minimum Gasteiger partial charge on any atom is -0.352 e. The fourth-order valence-electron chi connectivity index (χ4n) is 3.14. The second kappa shape index (κ2) is 9.18. The van der Waals surface area contributed by atoms with Gasteiger partial charge in [-0.05, 0) is 37.0 Å². The number of para-hydroxylation sites is 1. The third-order valence-electron chi connectivity index (χ3n) is 4.49. The van der Waals surface area contributed by atoms with Crippen molar-refractivity contribution in [2.75, 3.05) is 11.4 Å². The molecule has 0 spiro atoms. The second-order valence-corrected chi connectivity index (χ2v) is 6.62. The van der Waals surface area contributed by atoms with Gasteiger partial charge in [-0.1, -0.05) is 55.0 Å². The number of benzene rings is 2. The van der Waals surface area contributed by atoms with Crippen LogP contribution in [0.1, 0.15) is 42.5 Å². The predicted octanol–water partition coefficient (Wildman–Crippen LogP) is 3.93. The molecule has 0 fully saturated rings. The van der Waals surface area contributed by atoms with Crippen molar-refractivity contribution in [3.05, 3.63) is 64.7 Å². The lowest BCUT2D eigenvalue weighted by Crippen LogP contribution is -2.34. The number of nitrogens with one attached hydrogen (secondary N) is 1. The monoisotopic (exact) mass is 352 g/mol. The number of hydrogen-bond acceptors (Lipinski definition) is 2. The summed E-state index contributed by atoms with van der Waals surface area (Å²) >= 11 is 0. The van der Waals surface area contributed by atoms with Gasteiger partial charge >= 0.3 is 0 Å². The number of rotatable bonds is 7. The number of nitrogens with zero attached hydrogens (tertiary/aromatic N) is 1. The summed E-state index contributed by atoms with van der Waals surface area (Å²) in [6.45, 7) is 8.55. The maximum Gasteiger partial charge on any atom is 0.223 e. The smallest absolute Gasteiger partial charge is 0.223 e. The lowest BCUT2D eigenvalue weighted by atomic mass is 10.0. The third kappa shape index (κ3) is 5.19. The molecular weight excluding hydrogens is 324 g/mol. The molecule has 0 aliphatic rings. The van der Waals surface area contributed by atoms with Crippen LogP contribution in [0.4, 0.5) is 5.69 Å². The van der Waals surface area contributed by atoms with Gasteiger partial charge in [0.25, 0.3) is 0 Å². The molecule has 1 N–H and O–H groups in total. The molecule has 0 aromatic heterocycles. The van der Waals surface area contributed by atoms with Gasteiger partial charge in [0.1, 0.15) is 0 Å². The average molecular weight is 352 g/mol. The molecule has 2 aromatic carbocycles. The van der Waals surface area contributed by atoms with Crippen molar-refractivity contribution in [2.24, 2.45) is 0 Å². The van der Waals surface area contributed by atoms with E-state index in [1.165, 1.54) is 5.56 Å². The minimum absolute atomic E-state index is 0.0412. The molecule has 4 heteroatoms. The molecule has 2 amide bonds. The quantitative estimate of drug-likeness (QED) is 0.821. The van der Waals surface area contributed by atoms with Gasteiger partial charge in [-0.25, -0.2) is 0 Å². The first kappa shape index (κ1) is 19.7. The molecule has 0 bridgehead atoms. The maximum atomic E-state index is 12.2. The Balaban J connectivity index is 2.01. The summed E-state index contributed by atoms with van der Waals surface area (Å²) < 4.78 is 0. The van der Waals surface area contributed by atoms with Crippen molar-refractivity contribution in [3.8, 4) is 0 Å². The Bertz CT molecular complexity index is 783. The molecule has 0 atom stereocenters. The third-order valence-corrected chi connectivity index (χ3v) is 4.49. The summed E-state index contributed by atoms with van der Waals surface area (Å²) in [5.74, 6) is -0.0927. The molecular formula is C22H28N2O2. The number of amides is 2. The zero-order valence-electron chi connectivity index (χ0n) is 16.1. The highest BCUT2D eigenvalue weighted by Gasteiger charge is 2.18. The first-order valence-corrected chi connectivity index (χ1v) is 9.11. The fourth-order valence-corrected chi connectivity index (χ4v) is 3.14. The Morgan fingerprint density at radius 3 is 2.46 bits per heavy atom. The van der Waals surface area contributed by atoms with Gasteiger partial charge in [0.15, 0.2) is 0 Å². The van der Waals surface area contributed by atoms with Crippen LogP contribution in [0.5, 0.6) is 0 Å². The van der Waals surface area contributed by atoms with Crippen molar-refractivity contribution in [1.29, 1.82) is 0 Å². The highest BCUT2D eigenvalue weighted by Crippen LogP contribution is 2.26. The van der Waals surface area contributed by atoms with Crippen molar-refractivity contribution < 1.29 is 9.59 Å². The fraction of sp³-hybridized carbons (Fsp3) is 0.364. The molecule has 0 unspecified atom stereocenters. The van der Waals surface area contributed by atoms with E-state index in [9.17, 15) is 9.59 Å². The average Bonchev–Trinajstić information content (AvgIpc) is 2.61. The van der Waals surface area contributed by atoms with E-state index in [2.05, 4.69) is 18.3 Å². The molecule has 0 saturated heterocycles. The zero-order chi connectivity index (χ0) is 19.1. The molecule has 0 radical (unpaired) electrons. The number of anilines is 1. The molecule has 0 saturated carbocycles. The summed E-state index contributed by atoms with van der Waals surface area (Å²) in [6, 6.07) is 14.1. The molecule has 0 aliphatic heterocycles. The van der Waals surface area contributed by atoms with Crippen LogP contribution >= 0.6 is 0 Å². The van der Waals surface area contributed by atoms with Crippen molar-refractivity contribution in [1.82, 2.24) is 5.32 Å². The number of aryl methyl sites for hydroxylation is 3. The maximum absolute atomic E-state index is 12.2. The number of carbonyl (C=O) groups excluding carboxylic acids is 2. The van der Waals surface area contributed by atoms with Crippen LogP contribution in [0.3, 0.4) is 0 Å². The lowest BCUT2D eigenvalue weighted by molar-refractivity contribution is -0.121. The van der Waals surface area contributed by atoms with Gasteiger partial charge in [0, 0.05) is 32.1 Å². The Morgan fingerprint density at radius 2 is 1.81 bits per heavy atom. The van der Waals surface area contributed by atoms with E-state index in [0.29, 0.717) is 13.1 Å². The summed E-state index contributed by atoms with van der Waals surface area (Å²) in [6.07, 6.45) is 1.13. The van der Waals surface area contributed by atoms with Crippen LogP contribution in [0.15, 0.2) is 42.5 Å². The van der Waals surface area contributed by atoms with Crippen molar-refractivity contribution in [2.45, 2.75) is 47.1 Å². The highest BCUT2D eigenvalue weighted by molar-refractivity contribution is 5.94. The van der Waals surface area contributed by atoms with Crippen molar-refractivity contribution >= 4 is 17.5 Å². The Labute approximate surface area is 156 Å². The highest BCUT2D eigenvalue weighted by atomic mass is 16.2. The Kier molecular flexibility index (Phi) is 6.96. The second-order valence-electron chi connectivity index (χ2n) is 6.62. The summed E-state index contributed by atoms with van der Waals surface area (Å²) in [5.41, 5.74) is 5.37. The van der Waals surface area contributed by atoms with Gasteiger partial charge in [-0.2, -0.15) is 0 Å². The van der Waals surface area contributed by atoms with Crippen LogP contribution in [-0.2, 0) is 22.6 Å². The Hall–Kier alpha value is -2.62. The minimum atomic E-state index is -0.0515. The molecule has 2 aromatic rings. The van der Waals surface area contributed by atoms with E-state index in [1.54, 1.807) is 11.8 Å². The summed E-state index contributed by atoms with van der Waals surface area (Å²) in [5, 5.41) is 2.94. The number of hydrogen-bond donors (Lipinski definition) is 1. The van der Waals surface area contributed by atoms with E-state index in [-0.39, 0.29) is 18.2 Å². The first-order chi connectivity index (χ1) is 12.4. The van der Waals surface area contributed by atoms with Gasteiger partial charge in [-0.15, -0.1) is 0 Å². The standard InChI is InChI=1S/C22H28N2O2/c1-5-20-11-7-9-17(3)22(20)24(18(4)25)13-12-21(26)23-15-19-10-6-8-16(2)14-19/h6-11,14H,5,12-13,15H2,1-4H3,(H,23,26). The SMILES string of the molecule is CCc1cccc(C)c1N(CCC(=O)NCc1cccc(C)c1)C(C)=O. The van der Waals surface area contributed by atoms with Crippen LogP contribution in [0.25, 0.3) is 0 Å². The number of carbonyl (C=O) groups is 2. The van der Waals surface area contributed by atoms with Crippen LogP contribution < -0.4 is 10.2 Å². The zero-order valence-corrected chi connectivity index (χ0v) is 16.1. The van der Waals surface area contributed by atoms with Crippen LogP contribution in [0.2, 0.25) is 0 Å². The molecule has 4 nitrogen and oxygen atoms in total. The summed E-state index contributed by atoms with van der Waals surface area (Å²) in [4.78, 5) is 26.2. The van der Waals surface area contributed by atoms with Crippen LogP contribution in [-0.4, -0.2) is 18.4 Å². The molecule has 0 heterocycles. The molecule has 2 rings (SSSR count). The largest absolute Gasteiger partial charge is 0.352 e. The summed E-state index contributed by atoms with van der Waals surface area (Å²) in [7, 11) is 0. The van der Waals surface area contributed by atoms with E-state index in [1.807, 2.05) is 50.2 Å². The molecule has 0 aliphatic carbocycles. The van der Waals surface area contributed by atoms with E-state index in [0.717, 1.165) is 28.8 Å². The van der Waals surface area contributed by atoms with E-state index < -0.39 is 0 Å². The normalized spacial score (nSPS) is 10.5. The van der Waals surface area contributed by atoms with Gasteiger partial charge in [0.2, 0.25) is 11.8 Å². The van der Waals surface area contributed by atoms with Gasteiger partial charge in [0.05, 0.1) is 0 Å².